The Hall–Kier alpha value is -2.40. The van der Waals surface area contributed by atoms with Crippen LogP contribution < -0.4 is 27.8 Å². The third kappa shape index (κ3) is 7.52. The topological polar surface area (TPSA) is 198 Å². The zero-order valence-corrected chi connectivity index (χ0v) is 8.79. The fraction of sp³-hybridized carbons (Fsp3) is 0.333. The van der Waals surface area contributed by atoms with E-state index in [1.165, 1.54) is 0 Å². The minimum atomic E-state index is -0.588. The fourth-order valence-electron chi connectivity index (χ4n) is 0.633. The molecule has 0 aliphatic rings. The fourth-order valence-corrected chi connectivity index (χ4v) is 0.633. The first-order valence-electron chi connectivity index (χ1n) is 4.25. The standard InChI is InChI=1S/C3H6N6.C3H8N2O3/c4-1-7-2(5)9-3(6)8-1;6-1-4-3(8)5-2-7/h(H6,4,5,6,7,8,9);6-7H,1-2H2,(H2,4,5,8). The number of nitrogens with one attached hydrogen (secondary N) is 2. The molecule has 11 heteroatoms. The predicted octanol–water partition coefficient (Wildman–Crippen LogP) is -3.20. The van der Waals surface area contributed by atoms with Crippen molar-refractivity contribution in [2.45, 2.75) is 0 Å². The normalized spacial score (nSPS) is 8.82. The highest BCUT2D eigenvalue weighted by Gasteiger charge is 1.94. The summed E-state index contributed by atoms with van der Waals surface area (Å²) in [4.78, 5) is 20.6. The Morgan fingerprint density at radius 1 is 0.941 bits per heavy atom. The highest BCUT2D eigenvalue weighted by atomic mass is 16.3. The lowest BCUT2D eigenvalue weighted by molar-refractivity contribution is 0.201. The van der Waals surface area contributed by atoms with E-state index in [1.807, 2.05) is 10.6 Å². The molecule has 10 N–H and O–H groups in total. The van der Waals surface area contributed by atoms with Crippen molar-refractivity contribution in [3.8, 4) is 0 Å². The Morgan fingerprint density at radius 3 is 1.47 bits per heavy atom. The Balaban J connectivity index is 0.000000304. The molecule has 0 unspecified atom stereocenters. The third-order valence-corrected chi connectivity index (χ3v) is 1.17. The molecule has 0 aliphatic heterocycles. The van der Waals surface area contributed by atoms with Crippen molar-refractivity contribution in [3.05, 3.63) is 0 Å². The number of carbonyl (C=O) groups is 1. The molecule has 2 amide bonds. The van der Waals surface area contributed by atoms with Gasteiger partial charge in [0, 0.05) is 0 Å². The number of aliphatic hydroxyl groups is 2. The molecule has 0 aliphatic carbocycles. The van der Waals surface area contributed by atoms with Crippen LogP contribution in [0.4, 0.5) is 22.6 Å². The van der Waals surface area contributed by atoms with Crippen LogP contribution in [0, 0.1) is 0 Å². The summed E-state index contributed by atoms with van der Waals surface area (Å²) in [6.07, 6.45) is 0. The zero-order valence-electron chi connectivity index (χ0n) is 8.79. The number of hydrogen-bond acceptors (Lipinski definition) is 9. The molecule has 1 aromatic rings. The Bertz CT molecular complexity index is 301. The van der Waals surface area contributed by atoms with Crippen LogP contribution in [-0.4, -0.2) is 44.7 Å². The number of aliphatic hydroxyl groups excluding tert-OH is 2. The molecule has 1 rings (SSSR count). The van der Waals surface area contributed by atoms with E-state index in [2.05, 4.69) is 15.0 Å². The average molecular weight is 246 g/mol. The van der Waals surface area contributed by atoms with E-state index in [0.29, 0.717) is 0 Å². The molecule has 0 atom stereocenters. The molecule has 1 aromatic heterocycles. The van der Waals surface area contributed by atoms with Gasteiger partial charge in [-0.2, -0.15) is 15.0 Å². The monoisotopic (exact) mass is 246 g/mol. The van der Waals surface area contributed by atoms with Gasteiger partial charge in [0.2, 0.25) is 17.8 Å². The van der Waals surface area contributed by atoms with Crippen molar-refractivity contribution in [2.24, 2.45) is 0 Å². The minimum Gasteiger partial charge on any atom is -0.376 e. The van der Waals surface area contributed by atoms with Crippen molar-refractivity contribution in [1.82, 2.24) is 25.6 Å². The van der Waals surface area contributed by atoms with Gasteiger partial charge in [-0.1, -0.05) is 0 Å². The summed E-state index contributed by atoms with van der Waals surface area (Å²) < 4.78 is 0. The maximum Gasteiger partial charge on any atom is 0.318 e. The first-order valence-corrected chi connectivity index (χ1v) is 4.25. The number of hydrogen-bond donors (Lipinski definition) is 7. The number of nitrogens with two attached hydrogens (primary N) is 3. The molecule has 0 spiro atoms. The van der Waals surface area contributed by atoms with Crippen LogP contribution in [0.5, 0.6) is 0 Å². The Morgan fingerprint density at radius 2 is 1.24 bits per heavy atom. The van der Waals surface area contributed by atoms with Gasteiger partial charge in [-0.05, 0) is 0 Å². The van der Waals surface area contributed by atoms with E-state index in [9.17, 15) is 4.79 Å². The molecule has 0 saturated carbocycles. The summed E-state index contributed by atoms with van der Waals surface area (Å²) >= 11 is 0. The number of anilines is 3. The van der Waals surface area contributed by atoms with E-state index >= 15 is 0 Å². The lowest BCUT2D eigenvalue weighted by atomic mass is 10.9. The maximum atomic E-state index is 10.1. The molecule has 1 heterocycles. The average Bonchev–Trinajstić information content (AvgIpc) is 2.16. The number of rotatable bonds is 2. The quantitative estimate of drug-likeness (QED) is 0.262. The van der Waals surface area contributed by atoms with E-state index in [-0.39, 0.29) is 17.8 Å². The predicted molar refractivity (Wildman–Crippen MR) is 58.9 cm³/mol. The van der Waals surface area contributed by atoms with Crippen LogP contribution in [-0.2, 0) is 0 Å². The van der Waals surface area contributed by atoms with Crippen molar-refractivity contribution >= 4 is 23.9 Å². The van der Waals surface area contributed by atoms with Gasteiger partial charge in [-0.15, -0.1) is 0 Å². The van der Waals surface area contributed by atoms with Crippen LogP contribution in [0.1, 0.15) is 0 Å². The SMILES string of the molecule is Nc1nc(N)nc(N)n1.O=C(NCO)NCO. The number of amides is 2. The first-order chi connectivity index (χ1) is 7.99. The number of aromatic nitrogens is 3. The van der Waals surface area contributed by atoms with Gasteiger partial charge in [0.1, 0.15) is 13.5 Å². The second-order valence-electron chi connectivity index (χ2n) is 2.41. The lowest BCUT2D eigenvalue weighted by Gasteiger charge is -1.98. The van der Waals surface area contributed by atoms with E-state index in [1.54, 1.807) is 0 Å². The smallest absolute Gasteiger partial charge is 0.318 e. The summed E-state index contributed by atoms with van der Waals surface area (Å²) in [5.41, 5.74) is 15.4. The summed E-state index contributed by atoms with van der Waals surface area (Å²) in [5, 5.41) is 20.0. The van der Waals surface area contributed by atoms with Crippen molar-refractivity contribution < 1.29 is 15.0 Å². The molecule has 0 fully saturated rings. The number of carbonyl (C=O) groups excluding carboxylic acids is 1. The molecule has 96 valence electrons. The van der Waals surface area contributed by atoms with Crippen LogP contribution in [0.25, 0.3) is 0 Å². The summed E-state index contributed by atoms with van der Waals surface area (Å²) in [6.45, 7) is -0.850. The van der Waals surface area contributed by atoms with Gasteiger partial charge in [0.15, 0.2) is 0 Å². The first kappa shape index (κ1) is 14.6. The molecular weight excluding hydrogens is 232 g/mol. The van der Waals surface area contributed by atoms with Gasteiger partial charge in [0.05, 0.1) is 0 Å². The summed E-state index contributed by atoms with van der Waals surface area (Å²) in [7, 11) is 0. The van der Waals surface area contributed by atoms with Crippen molar-refractivity contribution in [3.63, 3.8) is 0 Å². The highest BCUT2D eigenvalue weighted by molar-refractivity contribution is 5.73. The molecule has 0 aromatic carbocycles. The molecular formula is C6H14N8O3. The van der Waals surface area contributed by atoms with Crippen LogP contribution in [0.2, 0.25) is 0 Å². The van der Waals surface area contributed by atoms with Gasteiger partial charge in [-0.3, -0.25) is 0 Å². The maximum absolute atomic E-state index is 10.1. The van der Waals surface area contributed by atoms with Crippen LogP contribution >= 0.6 is 0 Å². The van der Waals surface area contributed by atoms with E-state index in [4.69, 9.17) is 27.4 Å². The molecule has 17 heavy (non-hydrogen) atoms. The minimum absolute atomic E-state index is 0.0417. The second kappa shape index (κ2) is 7.84. The molecule has 11 nitrogen and oxygen atoms in total. The third-order valence-electron chi connectivity index (χ3n) is 1.17. The van der Waals surface area contributed by atoms with Gasteiger partial charge >= 0.3 is 6.03 Å². The van der Waals surface area contributed by atoms with Crippen molar-refractivity contribution in [1.29, 1.82) is 0 Å². The van der Waals surface area contributed by atoms with E-state index < -0.39 is 19.5 Å². The molecule has 0 radical (unpaired) electrons. The van der Waals surface area contributed by atoms with Crippen molar-refractivity contribution in [2.75, 3.05) is 30.7 Å². The Labute approximate surface area is 96.1 Å². The van der Waals surface area contributed by atoms with Gasteiger partial charge < -0.3 is 38.0 Å². The van der Waals surface area contributed by atoms with Crippen LogP contribution in [0.3, 0.4) is 0 Å². The van der Waals surface area contributed by atoms with Gasteiger partial charge in [-0.25, -0.2) is 4.79 Å². The summed E-state index contributed by atoms with van der Waals surface area (Å²) in [5.74, 6) is 0.125. The van der Waals surface area contributed by atoms with Crippen LogP contribution in [0.15, 0.2) is 0 Å². The molecule has 0 bridgehead atoms. The Kier molecular flexibility index (Phi) is 6.73. The second-order valence-corrected chi connectivity index (χ2v) is 2.41. The highest BCUT2D eigenvalue weighted by Crippen LogP contribution is 1.97. The summed E-state index contributed by atoms with van der Waals surface area (Å²) in [6, 6.07) is -0.588. The lowest BCUT2D eigenvalue weighted by Crippen LogP contribution is -2.36. The van der Waals surface area contributed by atoms with Gasteiger partial charge in [0.25, 0.3) is 0 Å². The number of nitrogen functional groups attached to an aromatic ring is 3. The van der Waals surface area contributed by atoms with E-state index in [0.717, 1.165) is 0 Å². The number of nitrogens with zero attached hydrogens (tertiary/aromatic N) is 3. The number of urea groups is 1. The molecule has 0 saturated heterocycles. The zero-order chi connectivity index (χ0) is 13.3. The largest absolute Gasteiger partial charge is 0.376 e.